The van der Waals surface area contributed by atoms with Crippen LogP contribution in [0.15, 0.2) is 29.3 Å². The Bertz CT molecular complexity index is 540. The second kappa shape index (κ2) is 8.80. The van der Waals surface area contributed by atoms with E-state index in [4.69, 9.17) is 4.74 Å². The third kappa shape index (κ3) is 6.29. The van der Waals surface area contributed by atoms with E-state index < -0.39 is 12.8 Å². The zero-order chi connectivity index (χ0) is 17.4. The summed E-state index contributed by atoms with van der Waals surface area (Å²) in [5.41, 5.74) is 0.630. The smallest absolute Gasteiger partial charge is 0.422 e. The number of nitrogens with one attached hydrogen (secondary N) is 2. The second-order valence-corrected chi connectivity index (χ2v) is 5.83. The number of benzene rings is 1. The van der Waals surface area contributed by atoms with Crippen LogP contribution >= 0.6 is 0 Å². The third-order valence-corrected chi connectivity index (χ3v) is 3.81. The first-order chi connectivity index (χ1) is 11.5. The van der Waals surface area contributed by atoms with E-state index in [0.717, 1.165) is 19.4 Å². The Labute approximate surface area is 140 Å². The number of halogens is 3. The number of rotatable bonds is 6. The summed E-state index contributed by atoms with van der Waals surface area (Å²) in [6, 6.07) is 7.10. The number of hydrogen-bond donors (Lipinski definition) is 2. The van der Waals surface area contributed by atoms with Gasteiger partial charge in [0.2, 0.25) is 0 Å². The van der Waals surface area contributed by atoms with E-state index in [2.05, 4.69) is 15.6 Å². The quantitative estimate of drug-likeness (QED) is 0.612. The molecule has 0 bridgehead atoms. The summed E-state index contributed by atoms with van der Waals surface area (Å²) in [5.74, 6) is 0.908. The molecule has 0 radical (unpaired) electrons. The van der Waals surface area contributed by atoms with Gasteiger partial charge >= 0.3 is 6.18 Å². The van der Waals surface area contributed by atoms with Crippen LogP contribution < -0.4 is 15.4 Å². The van der Waals surface area contributed by atoms with E-state index >= 15 is 0 Å². The van der Waals surface area contributed by atoms with Crippen molar-refractivity contribution in [1.29, 1.82) is 0 Å². The Hall–Kier alpha value is -1.92. The van der Waals surface area contributed by atoms with Gasteiger partial charge in [-0.2, -0.15) is 13.2 Å². The molecule has 1 aliphatic carbocycles. The Morgan fingerprint density at radius 2 is 1.96 bits per heavy atom. The van der Waals surface area contributed by atoms with Gasteiger partial charge in [0, 0.05) is 18.2 Å². The molecule has 7 heteroatoms. The minimum absolute atomic E-state index is 0.218. The van der Waals surface area contributed by atoms with E-state index in [1.54, 1.807) is 18.2 Å². The lowest BCUT2D eigenvalue weighted by Gasteiger charge is -2.17. The van der Waals surface area contributed by atoms with E-state index in [1.165, 1.54) is 18.9 Å². The van der Waals surface area contributed by atoms with Crippen molar-refractivity contribution in [3.05, 3.63) is 29.8 Å². The summed E-state index contributed by atoms with van der Waals surface area (Å²) in [6.45, 7) is 1.67. The van der Waals surface area contributed by atoms with E-state index in [9.17, 15) is 13.2 Å². The van der Waals surface area contributed by atoms with Crippen LogP contribution in [-0.4, -0.2) is 31.3 Å². The van der Waals surface area contributed by atoms with Crippen molar-refractivity contribution in [3.63, 3.8) is 0 Å². The maximum Gasteiger partial charge on any atom is 0.422 e. The van der Waals surface area contributed by atoms with Crippen LogP contribution in [0.3, 0.4) is 0 Å². The van der Waals surface area contributed by atoms with Gasteiger partial charge in [0.1, 0.15) is 5.75 Å². The molecular weight excluding hydrogens is 319 g/mol. The van der Waals surface area contributed by atoms with Crippen LogP contribution in [0.1, 0.15) is 38.2 Å². The molecule has 134 valence electrons. The van der Waals surface area contributed by atoms with Crippen LogP contribution in [0, 0.1) is 0 Å². The Morgan fingerprint density at radius 1 is 1.25 bits per heavy atom. The fraction of sp³-hybridized carbons (Fsp3) is 0.588. The van der Waals surface area contributed by atoms with Crippen molar-refractivity contribution in [1.82, 2.24) is 10.6 Å². The fourth-order valence-electron chi connectivity index (χ4n) is 2.68. The number of ether oxygens (including phenoxy) is 1. The van der Waals surface area contributed by atoms with Gasteiger partial charge < -0.3 is 15.4 Å². The van der Waals surface area contributed by atoms with Crippen LogP contribution in [0.25, 0.3) is 0 Å². The lowest BCUT2D eigenvalue weighted by atomic mass is 10.2. The molecule has 0 saturated heterocycles. The predicted octanol–water partition coefficient (Wildman–Crippen LogP) is 3.63. The zero-order valence-electron chi connectivity index (χ0n) is 13.8. The van der Waals surface area contributed by atoms with Crippen molar-refractivity contribution < 1.29 is 17.9 Å². The molecule has 1 aromatic rings. The average molecular weight is 343 g/mol. The van der Waals surface area contributed by atoms with E-state index in [1.807, 2.05) is 6.92 Å². The summed E-state index contributed by atoms with van der Waals surface area (Å²) in [7, 11) is 0. The maximum absolute atomic E-state index is 12.3. The van der Waals surface area contributed by atoms with Gasteiger partial charge in [-0.1, -0.05) is 31.0 Å². The Morgan fingerprint density at radius 3 is 2.62 bits per heavy atom. The average Bonchev–Trinajstić information content (AvgIpc) is 3.04. The summed E-state index contributed by atoms with van der Waals surface area (Å²) in [6.07, 6.45) is 0.317. The molecule has 2 rings (SSSR count). The molecule has 1 fully saturated rings. The zero-order valence-corrected chi connectivity index (χ0v) is 13.8. The van der Waals surface area contributed by atoms with Gasteiger partial charge in [-0.05, 0) is 25.8 Å². The molecule has 1 aliphatic rings. The van der Waals surface area contributed by atoms with Crippen molar-refractivity contribution in [2.45, 2.75) is 51.4 Å². The SMILES string of the molecule is CCNC(=NCc1ccccc1OCC(F)(F)F)NC1CCCC1. The molecular formula is C17H24F3N3O. The molecule has 4 nitrogen and oxygen atoms in total. The van der Waals surface area contributed by atoms with Crippen molar-refractivity contribution >= 4 is 5.96 Å². The van der Waals surface area contributed by atoms with Crippen molar-refractivity contribution in [3.8, 4) is 5.75 Å². The number of aliphatic imine (C=N–C) groups is 1. The lowest BCUT2D eigenvalue weighted by molar-refractivity contribution is -0.153. The summed E-state index contributed by atoms with van der Waals surface area (Å²) < 4.78 is 41.9. The number of hydrogen-bond acceptors (Lipinski definition) is 2. The minimum atomic E-state index is -4.35. The molecule has 0 unspecified atom stereocenters. The van der Waals surface area contributed by atoms with Crippen LogP contribution in [-0.2, 0) is 6.54 Å². The number of nitrogens with zero attached hydrogens (tertiary/aromatic N) is 1. The monoisotopic (exact) mass is 343 g/mol. The molecule has 0 amide bonds. The summed E-state index contributed by atoms with van der Waals surface area (Å²) in [4.78, 5) is 4.49. The molecule has 1 aromatic carbocycles. The molecule has 0 aliphatic heterocycles. The first kappa shape index (κ1) is 18.4. The van der Waals surface area contributed by atoms with Gasteiger partial charge in [-0.15, -0.1) is 0 Å². The van der Waals surface area contributed by atoms with Crippen molar-refractivity contribution in [2.75, 3.05) is 13.2 Å². The van der Waals surface area contributed by atoms with Gasteiger partial charge in [0.05, 0.1) is 6.54 Å². The topological polar surface area (TPSA) is 45.7 Å². The highest BCUT2D eigenvalue weighted by Crippen LogP contribution is 2.23. The van der Waals surface area contributed by atoms with Gasteiger partial charge in [-0.25, -0.2) is 4.99 Å². The van der Waals surface area contributed by atoms with Crippen LogP contribution in [0.2, 0.25) is 0 Å². The molecule has 24 heavy (non-hydrogen) atoms. The number of guanidine groups is 1. The molecule has 0 aromatic heterocycles. The molecule has 0 spiro atoms. The fourth-order valence-corrected chi connectivity index (χ4v) is 2.68. The number of alkyl halides is 3. The maximum atomic E-state index is 12.3. The first-order valence-electron chi connectivity index (χ1n) is 8.30. The van der Waals surface area contributed by atoms with E-state index in [-0.39, 0.29) is 12.3 Å². The third-order valence-electron chi connectivity index (χ3n) is 3.81. The number of para-hydroxylation sites is 1. The highest BCUT2D eigenvalue weighted by molar-refractivity contribution is 5.80. The summed E-state index contributed by atoms with van der Waals surface area (Å²) in [5, 5.41) is 6.55. The van der Waals surface area contributed by atoms with Crippen LogP contribution in [0.4, 0.5) is 13.2 Å². The molecule has 1 saturated carbocycles. The molecule has 0 heterocycles. The van der Waals surface area contributed by atoms with Crippen LogP contribution in [0.5, 0.6) is 5.75 Å². The summed E-state index contributed by atoms with van der Waals surface area (Å²) >= 11 is 0. The highest BCUT2D eigenvalue weighted by Gasteiger charge is 2.28. The molecule has 2 N–H and O–H groups in total. The van der Waals surface area contributed by atoms with Gasteiger partial charge in [-0.3, -0.25) is 0 Å². The first-order valence-corrected chi connectivity index (χ1v) is 8.30. The predicted molar refractivity (Wildman–Crippen MR) is 88.2 cm³/mol. The van der Waals surface area contributed by atoms with Gasteiger partial charge in [0.25, 0.3) is 0 Å². The van der Waals surface area contributed by atoms with E-state index in [0.29, 0.717) is 17.6 Å². The van der Waals surface area contributed by atoms with Crippen molar-refractivity contribution in [2.24, 2.45) is 4.99 Å². The minimum Gasteiger partial charge on any atom is -0.484 e. The second-order valence-electron chi connectivity index (χ2n) is 5.83. The highest BCUT2D eigenvalue weighted by atomic mass is 19.4. The normalized spacial score (nSPS) is 16.2. The largest absolute Gasteiger partial charge is 0.484 e. The Kier molecular flexibility index (Phi) is 6.75. The standard InChI is InChI=1S/C17H24F3N3O/c1-2-21-16(23-14-8-4-5-9-14)22-11-13-7-3-6-10-15(13)24-12-17(18,19)20/h3,6-7,10,14H,2,4-5,8-9,11-12H2,1H3,(H2,21,22,23). The lowest BCUT2D eigenvalue weighted by Crippen LogP contribution is -2.42. The Balaban J connectivity index is 2.01. The molecule has 0 atom stereocenters. The van der Waals surface area contributed by atoms with Gasteiger partial charge in [0.15, 0.2) is 12.6 Å².